The number of aryl methyl sites for hydroxylation is 1. The molecule has 0 fully saturated rings. The van der Waals surface area contributed by atoms with Crippen LogP contribution < -0.4 is 0 Å². The Labute approximate surface area is 94.2 Å². The van der Waals surface area contributed by atoms with Gasteiger partial charge in [-0.25, -0.2) is 4.98 Å². The molecule has 0 N–H and O–H groups in total. The van der Waals surface area contributed by atoms with Crippen molar-refractivity contribution in [2.45, 2.75) is 6.92 Å². The van der Waals surface area contributed by atoms with Crippen LogP contribution in [0.1, 0.15) is 20.9 Å². The van der Waals surface area contributed by atoms with Crippen LogP contribution in [-0.4, -0.2) is 10.8 Å². The normalized spacial score (nSPS) is 10.4. The Bertz CT molecular complexity index is 461. The lowest BCUT2D eigenvalue weighted by Gasteiger charge is -1.93. The fourth-order valence-corrected chi connectivity index (χ4v) is 2.78. The summed E-state index contributed by atoms with van der Waals surface area (Å²) < 4.78 is 0. The van der Waals surface area contributed by atoms with E-state index in [4.69, 9.17) is 11.6 Å². The second kappa shape index (κ2) is 3.81. The number of thiazole rings is 1. The standard InChI is InChI=1S/C9H6ClNOS2/c1-5-2-14-9(7(5)10)8(12)6-3-13-4-11-6/h2-4H,1H3. The summed E-state index contributed by atoms with van der Waals surface area (Å²) in [5.41, 5.74) is 3.05. The molecule has 2 aromatic rings. The zero-order valence-corrected chi connectivity index (χ0v) is 9.67. The number of carbonyl (C=O) groups excluding carboxylic acids is 1. The van der Waals surface area contributed by atoms with E-state index in [1.54, 1.807) is 10.9 Å². The third-order valence-corrected chi connectivity index (χ3v) is 4.05. The summed E-state index contributed by atoms with van der Waals surface area (Å²) in [6, 6.07) is 0. The van der Waals surface area contributed by atoms with Gasteiger partial charge in [-0.1, -0.05) is 11.6 Å². The van der Waals surface area contributed by atoms with Crippen LogP contribution in [0.5, 0.6) is 0 Å². The monoisotopic (exact) mass is 243 g/mol. The average molecular weight is 244 g/mol. The molecular formula is C9H6ClNOS2. The molecule has 0 aliphatic carbocycles. The Morgan fingerprint density at radius 1 is 1.50 bits per heavy atom. The number of hydrogen-bond donors (Lipinski definition) is 0. The summed E-state index contributed by atoms with van der Waals surface area (Å²) in [6.45, 7) is 1.89. The highest BCUT2D eigenvalue weighted by Gasteiger charge is 2.17. The molecule has 0 saturated carbocycles. The number of thiophene rings is 1. The van der Waals surface area contributed by atoms with Crippen LogP contribution in [0.25, 0.3) is 0 Å². The van der Waals surface area contributed by atoms with Crippen LogP contribution in [0.15, 0.2) is 16.3 Å². The van der Waals surface area contributed by atoms with Gasteiger partial charge in [0.2, 0.25) is 5.78 Å². The van der Waals surface area contributed by atoms with Crippen LogP contribution in [0.3, 0.4) is 0 Å². The zero-order chi connectivity index (χ0) is 10.1. The van der Waals surface area contributed by atoms with Gasteiger partial charge in [-0.3, -0.25) is 4.79 Å². The van der Waals surface area contributed by atoms with Gasteiger partial charge in [0.1, 0.15) is 5.69 Å². The van der Waals surface area contributed by atoms with Crippen LogP contribution in [-0.2, 0) is 0 Å². The average Bonchev–Trinajstić information content (AvgIpc) is 2.77. The molecule has 2 rings (SSSR count). The van der Waals surface area contributed by atoms with Gasteiger partial charge in [-0.2, -0.15) is 0 Å². The molecule has 0 amide bonds. The summed E-state index contributed by atoms with van der Waals surface area (Å²) >= 11 is 8.76. The lowest BCUT2D eigenvalue weighted by atomic mass is 10.2. The molecule has 0 aliphatic rings. The van der Waals surface area contributed by atoms with E-state index >= 15 is 0 Å². The first kappa shape index (κ1) is 9.83. The van der Waals surface area contributed by atoms with E-state index in [1.165, 1.54) is 22.7 Å². The summed E-state index contributed by atoms with van der Waals surface area (Å²) in [5.74, 6) is -0.0886. The first-order valence-corrected chi connectivity index (χ1v) is 6.06. The van der Waals surface area contributed by atoms with Crippen molar-refractivity contribution in [3.05, 3.63) is 37.4 Å². The van der Waals surface area contributed by atoms with E-state index in [0.29, 0.717) is 15.6 Å². The molecule has 0 atom stereocenters. The number of aromatic nitrogens is 1. The van der Waals surface area contributed by atoms with Crippen molar-refractivity contribution in [3.8, 4) is 0 Å². The lowest BCUT2D eigenvalue weighted by molar-refractivity contribution is 0.103. The lowest BCUT2D eigenvalue weighted by Crippen LogP contribution is -1.99. The fourth-order valence-electron chi connectivity index (χ4n) is 1.02. The highest BCUT2D eigenvalue weighted by molar-refractivity contribution is 7.13. The Balaban J connectivity index is 2.42. The van der Waals surface area contributed by atoms with Gasteiger partial charge in [0, 0.05) is 5.38 Å². The van der Waals surface area contributed by atoms with E-state index in [1.807, 2.05) is 12.3 Å². The highest BCUT2D eigenvalue weighted by Crippen LogP contribution is 2.29. The van der Waals surface area contributed by atoms with Gasteiger partial charge in [0.15, 0.2) is 0 Å². The zero-order valence-electron chi connectivity index (χ0n) is 7.28. The molecule has 0 unspecified atom stereocenters. The predicted octanol–water partition coefficient (Wildman–Crippen LogP) is 3.40. The largest absolute Gasteiger partial charge is 0.286 e. The van der Waals surface area contributed by atoms with Crippen molar-refractivity contribution in [3.63, 3.8) is 0 Å². The molecule has 0 aromatic carbocycles. The van der Waals surface area contributed by atoms with Crippen LogP contribution in [0.2, 0.25) is 5.02 Å². The minimum atomic E-state index is -0.0886. The Kier molecular flexibility index (Phi) is 2.67. The Hall–Kier alpha value is -0.710. The summed E-state index contributed by atoms with van der Waals surface area (Å²) in [5, 5.41) is 4.16. The Morgan fingerprint density at radius 3 is 2.79 bits per heavy atom. The minimum Gasteiger partial charge on any atom is -0.286 e. The molecule has 72 valence electrons. The van der Waals surface area contributed by atoms with Crippen molar-refractivity contribution in [1.82, 2.24) is 4.98 Å². The number of halogens is 1. The molecular weight excluding hydrogens is 238 g/mol. The molecule has 5 heteroatoms. The van der Waals surface area contributed by atoms with Crippen molar-refractivity contribution >= 4 is 40.1 Å². The molecule has 2 nitrogen and oxygen atoms in total. The minimum absolute atomic E-state index is 0.0886. The van der Waals surface area contributed by atoms with Gasteiger partial charge >= 0.3 is 0 Å². The van der Waals surface area contributed by atoms with E-state index < -0.39 is 0 Å². The first-order valence-electron chi connectivity index (χ1n) is 3.86. The van der Waals surface area contributed by atoms with Crippen LogP contribution >= 0.6 is 34.3 Å². The maximum absolute atomic E-state index is 11.8. The summed E-state index contributed by atoms with van der Waals surface area (Å²) in [6.07, 6.45) is 0. The quantitative estimate of drug-likeness (QED) is 0.757. The van der Waals surface area contributed by atoms with Gasteiger partial charge in [0.05, 0.1) is 15.4 Å². The first-order chi connectivity index (χ1) is 6.70. The van der Waals surface area contributed by atoms with Gasteiger partial charge in [-0.15, -0.1) is 22.7 Å². The number of nitrogens with zero attached hydrogens (tertiary/aromatic N) is 1. The van der Waals surface area contributed by atoms with Crippen molar-refractivity contribution < 1.29 is 4.79 Å². The van der Waals surface area contributed by atoms with Gasteiger partial charge in [-0.05, 0) is 17.9 Å². The van der Waals surface area contributed by atoms with Crippen molar-refractivity contribution in [1.29, 1.82) is 0 Å². The maximum atomic E-state index is 11.8. The molecule has 0 saturated heterocycles. The number of rotatable bonds is 2. The van der Waals surface area contributed by atoms with Gasteiger partial charge < -0.3 is 0 Å². The number of hydrogen-bond acceptors (Lipinski definition) is 4. The smallest absolute Gasteiger partial charge is 0.223 e. The molecule has 0 spiro atoms. The number of ketones is 1. The van der Waals surface area contributed by atoms with Crippen molar-refractivity contribution in [2.24, 2.45) is 0 Å². The van der Waals surface area contributed by atoms with E-state index in [0.717, 1.165) is 5.56 Å². The van der Waals surface area contributed by atoms with Gasteiger partial charge in [0.25, 0.3) is 0 Å². The van der Waals surface area contributed by atoms with E-state index in [9.17, 15) is 4.79 Å². The third-order valence-electron chi connectivity index (χ3n) is 1.77. The number of carbonyl (C=O) groups is 1. The highest BCUT2D eigenvalue weighted by atomic mass is 35.5. The van der Waals surface area contributed by atoms with Crippen LogP contribution in [0.4, 0.5) is 0 Å². The Morgan fingerprint density at radius 2 is 2.29 bits per heavy atom. The molecule has 2 heterocycles. The molecule has 0 aliphatic heterocycles. The van der Waals surface area contributed by atoms with E-state index in [2.05, 4.69) is 4.98 Å². The van der Waals surface area contributed by atoms with Crippen molar-refractivity contribution in [2.75, 3.05) is 0 Å². The predicted molar refractivity (Wildman–Crippen MR) is 59.6 cm³/mol. The van der Waals surface area contributed by atoms with E-state index in [-0.39, 0.29) is 5.78 Å². The summed E-state index contributed by atoms with van der Waals surface area (Å²) in [4.78, 5) is 16.4. The molecule has 14 heavy (non-hydrogen) atoms. The molecule has 0 radical (unpaired) electrons. The summed E-state index contributed by atoms with van der Waals surface area (Å²) in [7, 11) is 0. The maximum Gasteiger partial charge on any atom is 0.223 e. The third kappa shape index (κ3) is 1.61. The van der Waals surface area contributed by atoms with Crippen LogP contribution in [0, 0.1) is 6.92 Å². The molecule has 0 bridgehead atoms. The second-order valence-electron chi connectivity index (χ2n) is 2.76. The fraction of sp³-hybridized carbons (Fsp3) is 0.111. The topological polar surface area (TPSA) is 30.0 Å². The molecule has 2 aromatic heterocycles. The SMILES string of the molecule is Cc1csc(C(=O)c2cscn2)c1Cl. The second-order valence-corrected chi connectivity index (χ2v) is 4.74.